The van der Waals surface area contributed by atoms with Crippen LogP contribution in [0.4, 0.5) is 5.82 Å². The third-order valence-corrected chi connectivity index (χ3v) is 3.42. The Morgan fingerprint density at radius 2 is 2.17 bits per heavy atom. The molecule has 18 heavy (non-hydrogen) atoms. The number of aryl methyl sites for hydroxylation is 1. The summed E-state index contributed by atoms with van der Waals surface area (Å²) in [5.41, 5.74) is -0.222. The molecule has 1 unspecified atom stereocenters. The molecule has 0 saturated carbocycles. The van der Waals surface area contributed by atoms with E-state index in [-0.39, 0.29) is 23.2 Å². The van der Waals surface area contributed by atoms with Crippen molar-refractivity contribution in [3.05, 3.63) is 22.7 Å². The second kappa shape index (κ2) is 5.99. The number of nitrogens with one attached hydrogen (secondary N) is 1. The smallest absolute Gasteiger partial charge is 0.293 e. The SMILES string of the molecule is CCCn1ccnc(NC(C)CS(C)(=O)=O)c1=O. The molecule has 0 radical (unpaired) electrons. The predicted molar refractivity (Wildman–Crippen MR) is 71.6 cm³/mol. The summed E-state index contributed by atoms with van der Waals surface area (Å²) in [6.07, 6.45) is 5.17. The second-order valence-electron chi connectivity index (χ2n) is 4.41. The van der Waals surface area contributed by atoms with Gasteiger partial charge in [0.1, 0.15) is 9.84 Å². The molecule has 0 spiro atoms. The molecular weight excluding hydrogens is 254 g/mol. The highest BCUT2D eigenvalue weighted by molar-refractivity contribution is 7.90. The van der Waals surface area contributed by atoms with Gasteiger partial charge in [0.25, 0.3) is 5.56 Å². The zero-order valence-corrected chi connectivity index (χ0v) is 11.7. The van der Waals surface area contributed by atoms with Crippen LogP contribution in [0, 0.1) is 0 Å². The van der Waals surface area contributed by atoms with Crippen LogP contribution in [-0.4, -0.2) is 36.0 Å². The largest absolute Gasteiger partial charge is 0.362 e. The van der Waals surface area contributed by atoms with Crippen molar-refractivity contribution >= 4 is 15.7 Å². The molecule has 6 nitrogen and oxygen atoms in total. The van der Waals surface area contributed by atoms with Crippen LogP contribution >= 0.6 is 0 Å². The van der Waals surface area contributed by atoms with E-state index in [1.165, 1.54) is 12.5 Å². The average Bonchev–Trinajstić information content (AvgIpc) is 2.21. The van der Waals surface area contributed by atoms with E-state index >= 15 is 0 Å². The van der Waals surface area contributed by atoms with Gasteiger partial charge in [-0.2, -0.15) is 0 Å². The standard InChI is InChI=1S/C11H19N3O3S/c1-4-6-14-7-5-12-10(11(14)15)13-9(2)8-18(3,16)17/h5,7,9H,4,6,8H2,1-3H3,(H,12,13). The third-order valence-electron chi connectivity index (χ3n) is 2.31. The molecule has 1 heterocycles. The van der Waals surface area contributed by atoms with Crippen LogP contribution in [0.2, 0.25) is 0 Å². The van der Waals surface area contributed by atoms with Gasteiger partial charge in [-0.05, 0) is 13.3 Å². The summed E-state index contributed by atoms with van der Waals surface area (Å²) in [5, 5.41) is 2.84. The Labute approximate surface area is 107 Å². The Balaban J connectivity index is 2.85. The molecule has 7 heteroatoms. The average molecular weight is 273 g/mol. The number of nitrogens with zero attached hydrogens (tertiary/aromatic N) is 2. The minimum absolute atomic E-state index is 0.0310. The van der Waals surface area contributed by atoms with E-state index in [1.807, 2.05) is 6.92 Å². The Morgan fingerprint density at radius 3 is 2.72 bits per heavy atom. The van der Waals surface area contributed by atoms with Gasteiger partial charge in [-0.25, -0.2) is 13.4 Å². The summed E-state index contributed by atoms with van der Waals surface area (Å²) in [4.78, 5) is 15.9. The van der Waals surface area contributed by atoms with Crippen molar-refractivity contribution in [2.75, 3.05) is 17.3 Å². The predicted octanol–water partition coefficient (Wildman–Crippen LogP) is 0.498. The molecule has 0 aliphatic heterocycles. The fraction of sp³-hybridized carbons (Fsp3) is 0.636. The summed E-state index contributed by atoms with van der Waals surface area (Å²) < 4.78 is 23.8. The van der Waals surface area contributed by atoms with E-state index in [9.17, 15) is 13.2 Å². The van der Waals surface area contributed by atoms with Gasteiger partial charge in [0.2, 0.25) is 0 Å². The minimum atomic E-state index is -3.08. The van der Waals surface area contributed by atoms with E-state index in [0.29, 0.717) is 6.54 Å². The van der Waals surface area contributed by atoms with Gasteiger partial charge in [-0.3, -0.25) is 4.79 Å². The van der Waals surface area contributed by atoms with Crippen LogP contribution in [0.1, 0.15) is 20.3 Å². The highest BCUT2D eigenvalue weighted by Crippen LogP contribution is 2.00. The number of hydrogen-bond acceptors (Lipinski definition) is 5. The lowest BCUT2D eigenvalue weighted by molar-refractivity contribution is 0.597. The van der Waals surface area contributed by atoms with Crippen LogP contribution in [0.3, 0.4) is 0 Å². The fourth-order valence-corrected chi connectivity index (χ4v) is 2.68. The van der Waals surface area contributed by atoms with Crippen LogP contribution in [0.15, 0.2) is 17.2 Å². The van der Waals surface area contributed by atoms with E-state index in [2.05, 4.69) is 10.3 Å². The summed E-state index contributed by atoms with van der Waals surface area (Å²) in [7, 11) is -3.08. The maximum Gasteiger partial charge on any atom is 0.293 e. The van der Waals surface area contributed by atoms with E-state index < -0.39 is 9.84 Å². The molecule has 1 rings (SSSR count). The molecule has 0 saturated heterocycles. The van der Waals surface area contributed by atoms with Crippen molar-refractivity contribution in [1.29, 1.82) is 0 Å². The maximum absolute atomic E-state index is 11.9. The quantitative estimate of drug-likeness (QED) is 0.816. The molecule has 1 atom stereocenters. The molecule has 0 aliphatic carbocycles. The van der Waals surface area contributed by atoms with Gasteiger partial charge in [-0.1, -0.05) is 6.92 Å². The first-order valence-corrected chi connectivity index (χ1v) is 7.89. The molecule has 0 amide bonds. The zero-order valence-electron chi connectivity index (χ0n) is 10.9. The van der Waals surface area contributed by atoms with Crippen molar-refractivity contribution in [2.45, 2.75) is 32.9 Å². The first-order valence-electron chi connectivity index (χ1n) is 5.83. The molecule has 1 aromatic rings. The lowest BCUT2D eigenvalue weighted by atomic mass is 10.4. The second-order valence-corrected chi connectivity index (χ2v) is 6.60. The topological polar surface area (TPSA) is 81.1 Å². The molecule has 102 valence electrons. The molecular formula is C11H19N3O3S. The molecule has 1 N–H and O–H groups in total. The zero-order chi connectivity index (χ0) is 13.8. The number of sulfone groups is 1. The summed E-state index contributed by atoms with van der Waals surface area (Å²) in [5.74, 6) is 0.165. The van der Waals surface area contributed by atoms with E-state index in [1.54, 1.807) is 17.7 Å². The lowest BCUT2D eigenvalue weighted by Crippen LogP contribution is -2.31. The van der Waals surface area contributed by atoms with Gasteiger partial charge in [0, 0.05) is 31.2 Å². The van der Waals surface area contributed by atoms with Crippen molar-refractivity contribution in [1.82, 2.24) is 9.55 Å². The fourth-order valence-electron chi connectivity index (χ4n) is 1.69. The maximum atomic E-state index is 11.9. The number of anilines is 1. The molecule has 0 aliphatic rings. The highest BCUT2D eigenvalue weighted by atomic mass is 32.2. The summed E-state index contributed by atoms with van der Waals surface area (Å²) in [6, 6.07) is -0.349. The Morgan fingerprint density at radius 1 is 1.50 bits per heavy atom. The molecule has 1 aromatic heterocycles. The highest BCUT2D eigenvalue weighted by Gasteiger charge is 2.13. The van der Waals surface area contributed by atoms with Gasteiger partial charge >= 0.3 is 0 Å². The number of rotatable bonds is 6. The van der Waals surface area contributed by atoms with E-state index in [0.717, 1.165) is 6.42 Å². The van der Waals surface area contributed by atoms with Gasteiger partial charge in [-0.15, -0.1) is 0 Å². The van der Waals surface area contributed by atoms with Crippen LogP contribution < -0.4 is 10.9 Å². The molecule has 0 fully saturated rings. The monoisotopic (exact) mass is 273 g/mol. The van der Waals surface area contributed by atoms with Crippen molar-refractivity contribution < 1.29 is 8.42 Å². The van der Waals surface area contributed by atoms with Crippen molar-refractivity contribution in [3.63, 3.8) is 0 Å². The van der Waals surface area contributed by atoms with Gasteiger partial charge in [0.15, 0.2) is 5.82 Å². The summed E-state index contributed by atoms with van der Waals surface area (Å²) >= 11 is 0. The molecule has 0 bridgehead atoms. The minimum Gasteiger partial charge on any atom is -0.362 e. The Bertz CT molecular complexity index is 551. The van der Waals surface area contributed by atoms with Crippen LogP contribution in [0.5, 0.6) is 0 Å². The van der Waals surface area contributed by atoms with Gasteiger partial charge < -0.3 is 9.88 Å². The van der Waals surface area contributed by atoms with Crippen LogP contribution in [0.25, 0.3) is 0 Å². The van der Waals surface area contributed by atoms with E-state index in [4.69, 9.17) is 0 Å². The van der Waals surface area contributed by atoms with Crippen molar-refractivity contribution in [3.8, 4) is 0 Å². The van der Waals surface area contributed by atoms with Gasteiger partial charge in [0.05, 0.1) is 5.75 Å². The normalized spacial score (nSPS) is 13.3. The number of hydrogen-bond donors (Lipinski definition) is 1. The number of aromatic nitrogens is 2. The lowest BCUT2D eigenvalue weighted by Gasteiger charge is -2.13. The Hall–Kier alpha value is -1.37. The Kier molecular flexibility index (Phi) is 4.89. The first kappa shape index (κ1) is 14.7. The molecule has 0 aromatic carbocycles. The van der Waals surface area contributed by atoms with Crippen LogP contribution in [-0.2, 0) is 16.4 Å². The third kappa shape index (κ3) is 4.48. The van der Waals surface area contributed by atoms with Crippen molar-refractivity contribution in [2.24, 2.45) is 0 Å². The summed E-state index contributed by atoms with van der Waals surface area (Å²) in [6.45, 7) is 4.31. The first-order chi connectivity index (χ1) is 8.33.